The van der Waals surface area contributed by atoms with Gasteiger partial charge < -0.3 is 5.32 Å². The molecular weight excluding hydrogens is 307 g/mol. The lowest BCUT2D eigenvalue weighted by Crippen LogP contribution is -2.39. The van der Waals surface area contributed by atoms with E-state index in [1.165, 1.54) is 10.4 Å². The van der Waals surface area contributed by atoms with E-state index in [1.54, 1.807) is 32.0 Å². The number of halogens is 1. The Kier molecular flexibility index (Phi) is 6.96. The normalized spacial score (nSPS) is 11.9. The Labute approximate surface area is 131 Å². The molecule has 5 nitrogen and oxygen atoms in total. The van der Waals surface area contributed by atoms with Gasteiger partial charge in [-0.1, -0.05) is 18.2 Å². The fourth-order valence-corrected chi connectivity index (χ4v) is 3.33. The van der Waals surface area contributed by atoms with E-state index in [-0.39, 0.29) is 30.7 Å². The minimum absolute atomic E-state index is 0.0858. The van der Waals surface area contributed by atoms with E-state index in [0.717, 1.165) is 6.26 Å². The summed E-state index contributed by atoms with van der Waals surface area (Å²) in [7, 11) is -3.33. The smallest absolute Gasteiger partial charge is 0.221 e. The van der Waals surface area contributed by atoms with Crippen molar-refractivity contribution < 1.29 is 17.6 Å². The fourth-order valence-electron chi connectivity index (χ4n) is 2.14. The summed E-state index contributed by atoms with van der Waals surface area (Å²) in [4.78, 5) is 11.7. The molecule has 0 unspecified atom stereocenters. The van der Waals surface area contributed by atoms with E-state index in [0.29, 0.717) is 18.5 Å². The van der Waals surface area contributed by atoms with Crippen LogP contribution in [0.5, 0.6) is 0 Å². The van der Waals surface area contributed by atoms with E-state index >= 15 is 0 Å². The first-order valence-corrected chi connectivity index (χ1v) is 9.03. The number of rotatable bonds is 8. The summed E-state index contributed by atoms with van der Waals surface area (Å²) < 4.78 is 37.8. The molecule has 0 radical (unpaired) electrons. The van der Waals surface area contributed by atoms with Gasteiger partial charge in [0.1, 0.15) is 5.82 Å². The zero-order valence-electron chi connectivity index (χ0n) is 13.2. The second-order valence-corrected chi connectivity index (χ2v) is 7.34. The topological polar surface area (TPSA) is 66.5 Å². The molecule has 0 bridgehead atoms. The highest BCUT2D eigenvalue weighted by atomic mass is 32.2. The summed E-state index contributed by atoms with van der Waals surface area (Å²) in [6, 6.07) is 6.21. The predicted molar refractivity (Wildman–Crippen MR) is 84.4 cm³/mol. The molecule has 7 heteroatoms. The highest BCUT2D eigenvalue weighted by Gasteiger charge is 2.20. The molecule has 0 heterocycles. The lowest BCUT2D eigenvalue weighted by molar-refractivity contribution is -0.121. The highest BCUT2D eigenvalue weighted by molar-refractivity contribution is 7.88. The number of benzene rings is 1. The van der Waals surface area contributed by atoms with Crippen LogP contribution in [-0.2, 0) is 21.2 Å². The quantitative estimate of drug-likeness (QED) is 0.786. The van der Waals surface area contributed by atoms with E-state index in [2.05, 4.69) is 5.32 Å². The van der Waals surface area contributed by atoms with Crippen LogP contribution in [0.2, 0.25) is 0 Å². The molecule has 0 aliphatic rings. The van der Waals surface area contributed by atoms with Crippen molar-refractivity contribution in [2.24, 2.45) is 0 Å². The summed E-state index contributed by atoms with van der Waals surface area (Å²) in [6.45, 7) is 3.98. The average molecular weight is 330 g/mol. The van der Waals surface area contributed by atoms with Gasteiger partial charge in [-0.3, -0.25) is 4.79 Å². The van der Waals surface area contributed by atoms with Gasteiger partial charge in [0.05, 0.1) is 6.26 Å². The van der Waals surface area contributed by atoms with Gasteiger partial charge in [-0.2, -0.15) is 4.31 Å². The molecule has 1 rings (SSSR count). The van der Waals surface area contributed by atoms with Crippen molar-refractivity contribution in [2.45, 2.75) is 32.7 Å². The van der Waals surface area contributed by atoms with Crippen molar-refractivity contribution in [3.63, 3.8) is 0 Å². The monoisotopic (exact) mass is 330 g/mol. The summed E-state index contributed by atoms with van der Waals surface area (Å²) >= 11 is 0. The minimum atomic E-state index is -3.33. The van der Waals surface area contributed by atoms with Crippen LogP contribution in [0.1, 0.15) is 25.8 Å². The third-order valence-corrected chi connectivity index (χ3v) is 4.69. The number of sulfonamides is 1. The van der Waals surface area contributed by atoms with Crippen LogP contribution in [0.25, 0.3) is 0 Å². The van der Waals surface area contributed by atoms with E-state index < -0.39 is 10.0 Å². The molecule has 0 spiro atoms. The van der Waals surface area contributed by atoms with Gasteiger partial charge in [0, 0.05) is 25.6 Å². The standard InChI is InChI=1S/C15H23FN2O3S/c1-12(2)18(22(3,20)21)11-9-15(19)17-10-8-13-6-4-5-7-14(13)16/h4-7,12H,8-11H2,1-3H3,(H,17,19). The lowest BCUT2D eigenvalue weighted by atomic mass is 10.1. The van der Waals surface area contributed by atoms with Crippen molar-refractivity contribution in [3.8, 4) is 0 Å². The molecule has 0 aliphatic heterocycles. The van der Waals surface area contributed by atoms with Crippen LogP contribution in [0.4, 0.5) is 4.39 Å². The highest BCUT2D eigenvalue weighted by Crippen LogP contribution is 2.07. The SMILES string of the molecule is CC(C)N(CCC(=O)NCCc1ccccc1F)S(C)(=O)=O. The molecule has 0 saturated carbocycles. The Morgan fingerprint density at radius 3 is 2.50 bits per heavy atom. The Bertz CT molecular complexity index is 603. The van der Waals surface area contributed by atoms with Gasteiger partial charge in [-0.15, -0.1) is 0 Å². The maximum atomic E-state index is 13.4. The van der Waals surface area contributed by atoms with Gasteiger partial charge in [0.25, 0.3) is 0 Å². The number of hydrogen-bond donors (Lipinski definition) is 1. The number of hydrogen-bond acceptors (Lipinski definition) is 3. The van der Waals surface area contributed by atoms with Gasteiger partial charge in [0.15, 0.2) is 0 Å². The summed E-state index contributed by atoms with van der Waals surface area (Å²) in [5.74, 6) is -0.537. The van der Waals surface area contributed by atoms with E-state index in [4.69, 9.17) is 0 Å². The second-order valence-electron chi connectivity index (χ2n) is 5.41. The van der Waals surface area contributed by atoms with Crippen LogP contribution in [0.3, 0.4) is 0 Å². The molecule has 0 aromatic heterocycles. The van der Waals surface area contributed by atoms with Gasteiger partial charge in [0.2, 0.25) is 15.9 Å². The molecular formula is C15H23FN2O3S. The van der Waals surface area contributed by atoms with Crippen LogP contribution in [-0.4, -0.2) is 44.0 Å². The van der Waals surface area contributed by atoms with Crippen molar-refractivity contribution in [1.82, 2.24) is 9.62 Å². The molecule has 0 saturated heterocycles. The van der Waals surface area contributed by atoms with Crippen molar-refractivity contribution in [3.05, 3.63) is 35.6 Å². The van der Waals surface area contributed by atoms with E-state index in [1.807, 2.05) is 0 Å². The van der Waals surface area contributed by atoms with Gasteiger partial charge >= 0.3 is 0 Å². The molecule has 1 N–H and O–H groups in total. The zero-order chi connectivity index (χ0) is 16.8. The van der Waals surface area contributed by atoms with Crippen molar-refractivity contribution >= 4 is 15.9 Å². The third kappa shape index (κ3) is 6.11. The molecule has 1 aromatic carbocycles. The fraction of sp³-hybridized carbons (Fsp3) is 0.533. The molecule has 22 heavy (non-hydrogen) atoms. The van der Waals surface area contributed by atoms with Crippen molar-refractivity contribution in [1.29, 1.82) is 0 Å². The predicted octanol–water partition coefficient (Wildman–Crippen LogP) is 1.54. The Morgan fingerprint density at radius 1 is 1.32 bits per heavy atom. The van der Waals surface area contributed by atoms with Gasteiger partial charge in [-0.25, -0.2) is 12.8 Å². The molecule has 0 atom stereocenters. The Morgan fingerprint density at radius 2 is 1.95 bits per heavy atom. The molecule has 1 amide bonds. The summed E-state index contributed by atoms with van der Waals surface area (Å²) in [6.07, 6.45) is 1.62. The molecule has 0 fully saturated rings. The first-order valence-electron chi connectivity index (χ1n) is 7.18. The average Bonchev–Trinajstić information content (AvgIpc) is 2.39. The molecule has 0 aliphatic carbocycles. The van der Waals surface area contributed by atoms with Gasteiger partial charge in [-0.05, 0) is 31.9 Å². The maximum absolute atomic E-state index is 13.4. The zero-order valence-corrected chi connectivity index (χ0v) is 14.0. The molecule has 124 valence electrons. The Hall–Kier alpha value is -1.47. The number of carbonyl (C=O) groups excluding carboxylic acids is 1. The van der Waals surface area contributed by atoms with Crippen LogP contribution in [0, 0.1) is 5.82 Å². The number of carbonyl (C=O) groups is 1. The largest absolute Gasteiger partial charge is 0.356 e. The Balaban J connectivity index is 2.39. The number of nitrogens with zero attached hydrogens (tertiary/aromatic N) is 1. The first-order chi connectivity index (χ1) is 10.2. The molecule has 1 aromatic rings. The lowest BCUT2D eigenvalue weighted by Gasteiger charge is -2.23. The number of amides is 1. The van der Waals surface area contributed by atoms with Crippen LogP contribution in [0.15, 0.2) is 24.3 Å². The van der Waals surface area contributed by atoms with Crippen LogP contribution < -0.4 is 5.32 Å². The maximum Gasteiger partial charge on any atom is 0.221 e. The summed E-state index contributed by atoms with van der Waals surface area (Å²) in [5, 5.41) is 2.68. The minimum Gasteiger partial charge on any atom is -0.356 e. The summed E-state index contributed by atoms with van der Waals surface area (Å²) in [5.41, 5.74) is 0.544. The van der Waals surface area contributed by atoms with E-state index in [9.17, 15) is 17.6 Å². The van der Waals surface area contributed by atoms with Crippen molar-refractivity contribution in [2.75, 3.05) is 19.3 Å². The number of nitrogens with one attached hydrogen (secondary N) is 1. The third-order valence-electron chi connectivity index (χ3n) is 3.24. The first kappa shape index (κ1) is 18.6. The van der Waals surface area contributed by atoms with Crippen LogP contribution >= 0.6 is 0 Å². The second kappa shape index (κ2) is 8.24.